The molecule has 21 nitrogen and oxygen atoms in total. The molecule has 1 saturated heterocycles. The molecular weight excluding hydrogens is 981 g/mol. The van der Waals surface area contributed by atoms with Crippen LogP contribution >= 0.6 is 0 Å². The minimum Gasteiger partial charge on any atom is -0.481 e. The van der Waals surface area contributed by atoms with Crippen LogP contribution in [0.2, 0.25) is 0 Å². The molecule has 70 heavy (non-hydrogen) atoms. The van der Waals surface area contributed by atoms with Gasteiger partial charge >= 0.3 is 38.7 Å². The van der Waals surface area contributed by atoms with Crippen molar-refractivity contribution in [2.45, 2.75) is 133 Å². The fraction of sp³-hybridized carbons (Fsp3) is 0.674. The summed E-state index contributed by atoms with van der Waals surface area (Å²) >= 11 is 0. The Labute approximate surface area is 408 Å². The number of hydrogen-bond acceptors (Lipinski definition) is 17. The molecule has 7 rings (SSSR count). The van der Waals surface area contributed by atoms with Crippen LogP contribution in [-0.4, -0.2) is 133 Å². The van der Waals surface area contributed by atoms with Gasteiger partial charge in [-0.25, -0.2) is 21.5 Å². The molecule has 4 aliphatic carbocycles. The molecule has 5 N–H and O–H groups in total. The van der Waals surface area contributed by atoms with Gasteiger partial charge in [-0.15, -0.1) is 0 Å². The Bertz CT molecular complexity index is 2660. The molecule has 1 aliphatic heterocycles. The quantitative estimate of drug-likeness (QED) is 0.0433. The second-order valence-electron chi connectivity index (χ2n) is 20.3. The average molecular weight is 1050 g/mol. The van der Waals surface area contributed by atoms with E-state index in [1.165, 1.54) is 6.07 Å². The lowest BCUT2D eigenvalue weighted by Crippen LogP contribution is -2.64. The van der Waals surface area contributed by atoms with Crippen molar-refractivity contribution in [3.63, 3.8) is 0 Å². The van der Waals surface area contributed by atoms with Crippen molar-refractivity contribution >= 4 is 65.2 Å². The zero-order valence-electron chi connectivity index (χ0n) is 39.7. The third kappa shape index (κ3) is 11.4. The van der Waals surface area contributed by atoms with Gasteiger partial charge in [0.15, 0.2) is 18.5 Å². The molecule has 24 heteroatoms. The molecule has 1 spiro atoms. The van der Waals surface area contributed by atoms with Crippen molar-refractivity contribution in [2.75, 3.05) is 32.1 Å². The summed E-state index contributed by atoms with van der Waals surface area (Å²) in [6, 6.07) is 10.1. The molecule has 0 amide bonds. The van der Waals surface area contributed by atoms with Crippen LogP contribution in [0.3, 0.4) is 0 Å². The Morgan fingerprint density at radius 2 is 1.59 bits per heavy atom. The molecule has 0 aromatic heterocycles. The van der Waals surface area contributed by atoms with E-state index in [2.05, 4.69) is 11.3 Å². The van der Waals surface area contributed by atoms with Gasteiger partial charge in [0.05, 0.1) is 23.0 Å². The first-order valence-electron chi connectivity index (χ1n) is 23.4. The van der Waals surface area contributed by atoms with Gasteiger partial charge in [-0.3, -0.25) is 23.5 Å². The van der Waals surface area contributed by atoms with Gasteiger partial charge < -0.3 is 34.1 Å². The van der Waals surface area contributed by atoms with E-state index in [9.17, 15) is 59.0 Å². The predicted molar refractivity (Wildman–Crippen MR) is 249 cm³/mol. The van der Waals surface area contributed by atoms with Crippen LogP contribution in [0.1, 0.15) is 85.0 Å². The number of benzene rings is 2. The molecule has 2 aromatic rings. The van der Waals surface area contributed by atoms with E-state index in [1.54, 1.807) is 38.1 Å². The molecule has 390 valence electrons. The number of nitrogens with one attached hydrogen (secondary N) is 1. The summed E-state index contributed by atoms with van der Waals surface area (Å²) in [5, 5.41) is 23.5. The number of carbonyl (C=O) groups excluding carboxylic acids is 2. The first-order valence-corrected chi connectivity index (χ1v) is 27.6. The van der Waals surface area contributed by atoms with Crippen molar-refractivity contribution in [3.8, 4) is 0 Å². The summed E-state index contributed by atoms with van der Waals surface area (Å²) in [4.78, 5) is 41.5. The second-order valence-corrected chi connectivity index (χ2v) is 24.1. The van der Waals surface area contributed by atoms with Gasteiger partial charge in [0.1, 0.15) is 18.8 Å². The van der Waals surface area contributed by atoms with Crippen molar-refractivity contribution < 1.29 is 86.3 Å². The molecule has 1 heterocycles. The fourth-order valence-electron chi connectivity index (χ4n) is 12.5. The van der Waals surface area contributed by atoms with E-state index in [-0.39, 0.29) is 60.8 Å². The van der Waals surface area contributed by atoms with E-state index in [1.807, 2.05) is 32.0 Å². The van der Waals surface area contributed by atoms with Gasteiger partial charge in [-0.1, -0.05) is 51.6 Å². The number of aliphatic carboxylic acids is 1. The first-order chi connectivity index (χ1) is 32.6. The number of carboxylic acids is 1. The number of aliphatic hydroxyl groups is 1. The minimum absolute atomic E-state index is 0.0107. The van der Waals surface area contributed by atoms with Crippen LogP contribution in [0, 0.1) is 40.4 Å². The normalized spacial score (nSPS) is 33.3. The standard InChI is InChI=1S/C46H64N2O19S3/c1-25(2)20-38(50)65-41-40(67-70(59,60)61)39(66-69(56,57)58)34(24-62-37(49)14-9-19-47-68(54,55)35-13-8-10-29-30(35)11-7-12-33(29)48(5)6)64-44(41)63-28-21-31(43(52)53)32-17-18-46-22-27(26(3)42(46)51)15-16-36(46)45(32,4)23-28/h7-8,10-13,25,27-28,31-32,34,36,39-42,44,47,51H,3,9,14-24H2,1-2,4-6H3,(H,52,53)(H,56,57,58)(H,59,60,61). The molecule has 5 fully saturated rings. The smallest absolute Gasteiger partial charge is 0.397 e. The van der Waals surface area contributed by atoms with E-state index in [0.717, 1.165) is 17.7 Å². The average Bonchev–Trinajstić information content (AvgIpc) is 3.42. The summed E-state index contributed by atoms with van der Waals surface area (Å²) in [5.41, 5.74) is 0.259. The number of esters is 2. The van der Waals surface area contributed by atoms with E-state index >= 15 is 0 Å². The van der Waals surface area contributed by atoms with E-state index in [4.69, 9.17) is 27.3 Å². The van der Waals surface area contributed by atoms with Gasteiger partial charge in [0, 0.05) is 55.4 Å². The van der Waals surface area contributed by atoms with E-state index in [0.29, 0.717) is 36.5 Å². The molecule has 4 saturated carbocycles. The number of hydrogen-bond donors (Lipinski definition) is 5. The number of carbonyl (C=O) groups is 3. The van der Waals surface area contributed by atoms with Crippen molar-refractivity contribution in [2.24, 2.45) is 40.4 Å². The topological polar surface area (TPSA) is 305 Å². The summed E-state index contributed by atoms with van der Waals surface area (Å²) in [6.07, 6.45) is -9.93. The molecule has 2 aromatic carbocycles. The highest BCUT2D eigenvalue weighted by Crippen LogP contribution is 2.70. The highest BCUT2D eigenvalue weighted by molar-refractivity contribution is 7.89. The maximum Gasteiger partial charge on any atom is 0.397 e. The van der Waals surface area contributed by atoms with Crippen molar-refractivity contribution in [3.05, 3.63) is 48.6 Å². The van der Waals surface area contributed by atoms with Gasteiger partial charge in [-0.2, -0.15) is 16.8 Å². The first kappa shape index (κ1) is 54.0. The van der Waals surface area contributed by atoms with Gasteiger partial charge in [-0.05, 0) is 98.2 Å². The predicted octanol–water partition coefficient (Wildman–Crippen LogP) is 4.20. The largest absolute Gasteiger partial charge is 0.481 e. The summed E-state index contributed by atoms with van der Waals surface area (Å²) < 4.78 is 133. The number of ether oxygens (including phenoxy) is 4. The third-order valence-electron chi connectivity index (χ3n) is 15.2. The zero-order chi connectivity index (χ0) is 51.3. The van der Waals surface area contributed by atoms with Crippen molar-refractivity contribution in [1.29, 1.82) is 0 Å². The molecule has 13 unspecified atom stereocenters. The number of fused-ring (bicyclic) bond motifs is 4. The lowest BCUT2D eigenvalue weighted by Gasteiger charge is -2.62. The summed E-state index contributed by atoms with van der Waals surface area (Å²) in [7, 11) is -11.6. The summed E-state index contributed by atoms with van der Waals surface area (Å²) in [6.45, 7) is 8.33. The molecule has 5 aliphatic rings. The molecule has 2 bridgehead atoms. The number of rotatable bonds is 19. The van der Waals surface area contributed by atoms with Crippen LogP contribution in [0.15, 0.2) is 53.4 Å². The molecule has 0 radical (unpaired) electrons. The Kier molecular flexibility index (Phi) is 15.9. The molecule has 13 atom stereocenters. The maximum atomic E-state index is 13.5. The summed E-state index contributed by atoms with van der Waals surface area (Å²) in [5.74, 6) is -4.74. The van der Waals surface area contributed by atoms with Crippen LogP contribution in [-0.2, 0) is 72.5 Å². The van der Waals surface area contributed by atoms with E-state index < -0.39 is 121 Å². The van der Waals surface area contributed by atoms with Crippen molar-refractivity contribution in [1.82, 2.24) is 4.72 Å². The zero-order valence-corrected chi connectivity index (χ0v) is 42.1. The maximum absolute atomic E-state index is 13.5. The highest BCUT2D eigenvalue weighted by Gasteiger charge is 2.67. The van der Waals surface area contributed by atoms with Crippen LogP contribution in [0.4, 0.5) is 5.69 Å². The monoisotopic (exact) mass is 1040 g/mol. The van der Waals surface area contributed by atoms with Crippen LogP contribution in [0.5, 0.6) is 0 Å². The van der Waals surface area contributed by atoms with Crippen LogP contribution in [0.25, 0.3) is 10.8 Å². The van der Waals surface area contributed by atoms with Crippen LogP contribution < -0.4 is 9.62 Å². The number of carboxylic acid groups (broad SMARTS) is 1. The number of nitrogens with zero attached hydrogens (tertiary/aromatic N) is 1. The fourth-order valence-corrected chi connectivity index (χ4v) is 14.8. The second kappa shape index (κ2) is 20.6. The molecular formula is C46H64N2O19S3. The highest BCUT2D eigenvalue weighted by atomic mass is 32.3. The number of sulfonamides is 1. The SMILES string of the molecule is C=C1C2CCC3C4(C)CC(OC5OC(COC(=O)CCCNS(=O)(=O)c6cccc7c(N(C)C)cccc67)C(OS(=O)(=O)O)C(OS(=O)(=O)O)C5OC(=O)CC(C)C)CC(C(=O)O)C4CCC3(C2)C1O. The minimum atomic E-state index is -5.59. The number of aliphatic hydroxyl groups excluding tert-OH is 1. The Morgan fingerprint density at radius 3 is 2.24 bits per heavy atom. The lowest BCUT2D eigenvalue weighted by molar-refractivity contribution is -0.316. The van der Waals surface area contributed by atoms with Gasteiger partial charge in [0.2, 0.25) is 10.0 Å². The third-order valence-corrected chi connectivity index (χ3v) is 17.7. The Balaban J connectivity index is 1.13. The lowest BCUT2D eigenvalue weighted by atomic mass is 9.43. The Morgan fingerprint density at radius 1 is 0.914 bits per heavy atom. The Hall–Kier alpha value is -3.82. The van der Waals surface area contributed by atoms with Gasteiger partial charge in [0.25, 0.3) is 0 Å². The number of anilines is 1.